The highest BCUT2D eigenvalue weighted by Gasteiger charge is 2.21. The van der Waals surface area contributed by atoms with Crippen molar-refractivity contribution in [1.29, 1.82) is 0 Å². The zero-order chi connectivity index (χ0) is 21.6. The number of carbonyl (C=O) groups is 2. The first-order valence-corrected chi connectivity index (χ1v) is 10.2. The Morgan fingerprint density at radius 2 is 1.66 bits per heavy atom. The third-order valence-electron chi connectivity index (χ3n) is 4.00. The van der Waals surface area contributed by atoms with E-state index >= 15 is 0 Å². The van der Waals surface area contributed by atoms with Crippen molar-refractivity contribution >= 4 is 37.7 Å². The first-order valence-electron chi connectivity index (χ1n) is 8.62. The van der Waals surface area contributed by atoms with Crippen LogP contribution in [0.3, 0.4) is 0 Å². The fraction of sp³-hybridized carbons (Fsp3) is 0.263. The maximum absolute atomic E-state index is 12.7. The van der Waals surface area contributed by atoms with Gasteiger partial charge in [0.2, 0.25) is 0 Å². The largest absolute Gasteiger partial charge is 0.461 e. The van der Waals surface area contributed by atoms with E-state index in [9.17, 15) is 18.0 Å². The van der Waals surface area contributed by atoms with Crippen molar-refractivity contribution in [1.82, 2.24) is 0 Å². The van der Waals surface area contributed by atoms with Crippen molar-refractivity contribution in [2.75, 3.05) is 12.4 Å². The summed E-state index contributed by atoms with van der Waals surface area (Å²) in [7, 11) is 7.12. The van der Waals surface area contributed by atoms with E-state index in [4.69, 9.17) is 29.7 Å². The molecule has 4 radical (unpaired) electrons. The Morgan fingerprint density at radius 1 is 1.03 bits per heavy atom. The van der Waals surface area contributed by atoms with Gasteiger partial charge in [-0.1, -0.05) is 42.5 Å². The number of ether oxygens (including phenoxy) is 2. The van der Waals surface area contributed by atoms with Crippen LogP contribution in [0, 0.1) is 6.92 Å². The van der Waals surface area contributed by atoms with E-state index in [0.29, 0.717) is 17.4 Å². The molecule has 0 bridgehead atoms. The minimum absolute atomic E-state index is 0.0605. The molecule has 0 aliphatic heterocycles. The molecule has 0 amide bonds. The Balaban J connectivity index is 2.26. The van der Waals surface area contributed by atoms with Gasteiger partial charge in [0.25, 0.3) is 10.1 Å². The molecule has 0 saturated carbocycles. The number of hydrogen-bond acceptors (Lipinski definition) is 6. The number of carbonyl (C=O) groups excluding carboxylic acids is 2. The summed E-state index contributed by atoms with van der Waals surface area (Å²) in [4.78, 5) is 25.0. The first kappa shape index (κ1) is 22.7. The topological polar surface area (TPSA) is 107 Å². The van der Waals surface area contributed by atoms with Gasteiger partial charge < -0.3 is 9.47 Å². The summed E-state index contributed by atoms with van der Waals surface area (Å²) in [5, 5.41) is 0. The van der Waals surface area contributed by atoms with Crippen molar-refractivity contribution in [2.24, 2.45) is 0 Å². The number of rotatable bonds is 8. The van der Waals surface area contributed by atoms with Crippen molar-refractivity contribution in [3.05, 3.63) is 64.2 Å². The molecule has 0 aromatic heterocycles. The van der Waals surface area contributed by atoms with Gasteiger partial charge in [0, 0.05) is 0 Å². The van der Waals surface area contributed by atoms with Crippen LogP contribution in [0.15, 0.2) is 36.4 Å². The van der Waals surface area contributed by atoms with Crippen LogP contribution in [-0.2, 0) is 27.5 Å². The van der Waals surface area contributed by atoms with Gasteiger partial charge in [-0.2, -0.15) is 8.42 Å². The molecule has 0 saturated heterocycles. The zero-order valence-corrected chi connectivity index (χ0v) is 16.6. The summed E-state index contributed by atoms with van der Waals surface area (Å²) in [5.41, 5.74) is 1.93. The number of benzene rings is 2. The molecule has 2 aromatic rings. The minimum atomic E-state index is -4.28. The smallest absolute Gasteiger partial charge is 0.344 e. The quantitative estimate of drug-likeness (QED) is 0.304. The molecule has 0 spiro atoms. The van der Waals surface area contributed by atoms with Gasteiger partial charge in [-0.15, -0.1) is 0 Å². The molecule has 29 heavy (non-hydrogen) atoms. The van der Waals surface area contributed by atoms with E-state index in [2.05, 4.69) is 0 Å². The lowest BCUT2D eigenvalue weighted by Gasteiger charge is -2.15. The van der Waals surface area contributed by atoms with Crippen LogP contribution in [0.1, 0.15) is 37.4 Å². The van der Waals surface area contributed by atoms with Crippen LogP contribution < -0.4 is 4.74 Å². The molecule has 0 fully saturated rings. The molecule has 0 aliphatic carbocycles. The van der Waals surface area contributed by atoms with Gasteiger partial charge in [-0.3, -0.25) is 4.55 Å². The molecule has 7 nitrogen and oxygen atoms in total. The lowest BCUT2D eigenvalue weighted by atomic mass is 9.89. The molecule has 2 rings (SSSR count). The van der Waals surface area contributed by atoms with Crippen LogP contribution in [0.2, 0.25) is 0 Å². The number of esters is 2. The van der Waals surface area contributed by atoms with Crippen molar-refractivity contribution in [3.63, 3.8) is 0 Å². The number of hydrogen-bond donors (Lipinski definition) is 1. The fourth-order valence-electron chi connectivity index (χ4n) is 2.65. The fourth-order valence-corrected chi connectivity index (χ4v) is 2.94. The Kier molecular flexibility index (Phi) is 7.64. The van der Waals surface area contributed by atoms with Crippen LogP contribution in [0.4, 0.5) is 0 Å². The SMILES string of the molecule is [B]Cc1cc(C)c(OC(=O)c2ccccc2C(=O)OCCS(=O)(=O)O)c(C[B])c1. The maximum Gasteiger partial charge on any atom is 0.344 e. The summed E-state index contributed by atoms with van der Waals surface area (Å²) in [5.74, 6) is -2.19. The highest BCUT2D eigenvalue weighted by molar-refractivity contribution is 7.85. The van der Waals surface area contributed by atoms with E-state index in [-0.39, 0.29) is 23.2 Å². The molecule has 0 atom stereocenters. The molecule has 1 N–H and O–H groups in total. The summed E-state index contributed by atoms with van der Waals surface area (Å²) in [6, 6.07) is 9.30. The van der Waals surface area contributed by atoms with Crippen LogP contribution >= 0.6 is 0 Å². The Morgan fingerprint density at radius 3 is 2.21 bits per heavy atom. The normalized spacial score (nSPS) is 11.1. The molecule has 148 valence electrons. The molecule has 0 aliphatic rings. The Bertz CT molecular complexity index is 1020. The second-order valence-corrected chi connectivity index (χ2v) is 7.74. The van der Waals surface area contributed by atoms with Gasteiger partial charge in [0.1, 0.15) is 18.1 Å². The number of aryl methyl sites for hydroxylation is 1. The van der Waals surface area contributed by atoms with Crippen molar-refractivity contribution in [3.8, 4) is 5.75 Å². The Hall–Kier alpha value is -2.58. The van der Waals surface area contributed by atoms with Gasteiger partial charge >= 0.3 is 11.9 Å². The third-order valence-corrected chi connectivity index (χ3v) is 4.69. The molecule has 10 heteroatoms. The summed E-state index contributed by atoms with van der Waals surface area (Å²) < 4.78 is 40.5. The van der Waals surface area contributed by atoms with E-state index in [1.807, 2.05) is 0 Å². The Labute approximate surface area is 172 Å². The molecular formula is C19H18B2O7S. The summed E-state index contributed by atoms with van der Waals surface area (Å²) >= 11 is 0. The second kappa shape index (κ2) is 9.76. The molecular weight excluding hydrogens is 394 g/mol. The van der Waals surface area contributed by atoms with Crippen molar-refractivity contribution in [2.45, 2.75) is 19.6 Å². The monoisotopic (exact) mass is 412 g/mol. The zero-order valence-electron chi connectivity index (χ0n) is 15.8. The lowest BCUT2D eigenvalue weighted by molar-refractivity contribution is 0.0518. The van der Waals surface area contributed by atoms with Gasteiger partial charge in [-0.25, -0.2) is 9.59 Å². The first-order chi connectivity index (χ1) is 13.7. The van der Waals surface area contributed by atoms with E-state index < -0.39 is 34.4 Å². The average Bonchev–Trinajstić information content (AvgIpc) is 2.68. The molecule has 0 unspecified atom stereocenters. The minimum Gasteiger partial charge on any atom is -0.461 e. The second-order valence-electron chi connectivity index (χ2n) is 6.17. The van der Waals surface area contributed by atoms with Crippen molar-refractivity contribution < 1.29 is 32.0 Å². The standard InChI is InChI=1S/C19H18B2O7S/c1-12-8-13(10-20)9-14(11-21)17(12)28-19(23)16-5-3-2-4-15(16)18(22)27-6-7-29(24,25)26/h2-5,8-9H,6-7,10-11H2,1H3,(H,24,25,26). The van der Waals surface area contributed by atoms with Gasteiger partial charge in [-0.05, 0) is 30.2 Å². The van der Waals surface area contributed by atoms with Crippen LogP contribution in [0.5, 0.6) is 5.75 Å². The lowest BCUT2D eigenvalue weighted by Crippen LogP contribution is -2.19. The summed E-state index contributed by atoms with van der Waals surface area (Å²) in [6.07, 6.45) is 0.427. The van der Waals surface area contributed by atoms with Gasteiger partial charge in [0.15, 0.2) is 0 Å². The van der Waals surface area contributed by atoms with E-state index in [1.54, 1.807) is 25.1 Å². The predicted molar refractivity (Wildman–Crippen MR) is 108 cm³/mol. The average molecular weight is 412 g/mol. The third kappa shape index (κ3) is 6.20. The summed E-state index contributed by atoms with van der Waals surface area (Å²) in [6.45, 7) is 1.19. The maximum atomic E-state index is 12.7. The molecule has 0 heterocycles. The predicted octanol–water partition coefficient (Wildman–Crippen LogP) is 1.60. The van der Waals surface area contributed by atoms with Crippen LogP contribution in [0.25, 0.3) is 0 Å². The van der Waals surface area contributed by atoms with E-state index in [1.165, 1.54) is 18.2 Å². The highest BCUT2D eigenvalue weighted by Crippen LogP contribution is 2.27. The van der Waals surface area contributed by atoms with Gasteiger partial charge in [0.05, 0.1) is 26.8 Å². The van der Waals surface area contributed by atoms with Crippen LogP contribution in [-0.4, -0.2) is 53.0 Å². The highest BCUT2D eigenvalue weighted by atomic mass is 32.2. The molecule has 2 aromatic carbocycles. The van der Waals surface area contributed by atoms with E-state index in [0.717, 1.165) is 5.56 Å².